The summed E-state index contributed by atoms with van der Waals surface area (Å²) in [6.07, 6.45) is 3.12. The summed E-state index contributed by atoms with van der Waals surface area (Å²) in [7, 11) is 1.51. The Labute approximate surface area is 160 Å². The molecule has 3 aliphatic rings. The van der Waals surface area contributed by atoms with E-state index in [1.165, 1.54) is 7.11 Å². The molecular weight excluding hydrogens is 348 g/mol. The molecule has 6 nitrogen and oxygen atoms in total. The van der Waals surface area contributed by atoms with Crippen LogP contribution in [0.2, 0.25) is 0 Å². The molecule has 0 unspecified atom stereocenters. The number of allylic oxidation sites excluding steroid dienone is 1. The van der Waals surface area contributed by atoms with Crippen LogP contribution in [0.3, 0.4) is 0 Å². The number of hydrogen-bond donors (Lipinski definition) is 1. The lowest BCUT2D eigenvalue weighted by Gasteiger charge is -2.60. The van der Waals surface area contributed by atoms with E-state index in [4.69, 9.17) is 14.2 Å². The van der Waals surface area contributed by atoms with Crippen LogP contribution in [0.5, 0.6) is 0 Å². The van der Waals surface area contributed by atoms with Gasteiger partial charge in [-0.1, -0.05) is 19.9 Å². The van der Waals surface area contributed by atoms with E-state index in [1.54, 1.807) is 26.8 Å². The second-order valence-corrected chi connectivity index (χ2v) is 8.50. The van der Waals surface area contributed by atoms with Crippen LogP contribution >= 0.6 is 0 Å². The summed E-state index contributed by atoms with van der Waals surface area (Å²) < 4.78 is 16.9. The number of ether oxygens (including phenoxy) is 3. The van der Waals surface area contributed by atoms with Crippen molar-refractivity contribution in [2.75, 3.05) is 7.11 Å². The Bertz CT molecular complexity index is 737. The molecule has 27 heavy (non-hydrogen) atoms. The van der Waals surface area contributed by atoms with Crippen molar-refractivity contribution in [2.24, 2.45) is 11.3 Å². The van der Waals surface area contributed by atoms with E-state index in [9.17, 15) is 14.7 Å². The molecule has 0 aromatic heterocycles. The van der Waals surface area contributed by atoms with Crippen LogP contribution in [0.4, 0.5) is 0 Å². The summed E-state index contributed by atoms with van der Waals surface area (Å²) in [6.45, 7) is 9.31. The zero-order chi connectivity index (χ0) is 20.2. The van der Waals surface area contributed by atoms with Crippen molar-refractivity contribution in [3.63, 3.8) is 0 Å². The molecule has 1 heterocycles. The van der Waals surface area contributed by atoms with Crippen LogP contribution in [0, 0.1) is 11.3 Å². The second kappa shape index (κ2) is 6.45. The van der Waals surface area contributed by atoms with E-state index < -0.39 is 22.8 Å². The lowest BCUT2D eigenvalue weighted by Crippen LogP contribution is -2.64. The third-order valence-electron chi connectivity index (χ3n) is 7.36. The van der Waals surface area contributed by atoms with Gasteiger partial charge in [0.2, 0.25) is 5.79 Å². The fourth-order valence-electron chi connectivity index (χ4n) is 4.97. The zero-order valence-corrected chi connectivity index (χ0v) is 17.0. The number of methoxy groups -OCH3 is 1. The van der Waals surface area contributed by atoms with Gasteiger partial charge in [-0.25, -0.2) is 9.59 Å². The molecular formula is C21H30O6. The molecule has 0 aromatic carbocycles. The quantitative estimate of drug-likeness (QED) is 0.600. The van der Waals surface area contributed by atoms with Gasteiger partial charge in [-0.2, -0.15) is 0 Å². The number of hydrogen-bond acceptors (Lipinski definition) is 6. The molecule has 0 saturated heterocycles. The van der Waals surface area contributed by atoms with Gasteiger partial charge >= 0.3 is 11.9 Å². The van der Waals surface area contributed by atoms with Crippen LogP contribution < -0.4 is 0 Å². The molecule has 150 valence electrons. The Hall–Kier alpha value is -1.66. The zero-order valence-electron chi connectivity index (χ0n) is 17.0. The van der Waals surface area contributed by atoms with Gasteiger partial charge < -0.3 is 19.3 Å². The highest BCUT2D eigenvalue weighted by Gasteiger charge is 2.66. The molecule has 1 N–H and O–H groups in total. The maximum Gasteiger partial charge on any atom is 0.336 e. The Kier molecular flexibility index (Phi) is 4.80. The molecule has 2 aliphatic carbocycles. The molecule has 2 saturated carbocycles. The molecule has 3 rings (SSSR count). The van der Waals surface area contributed by atoms with E-state index in [0.717, 1.165) is 5.57 Å². The first-order valence-electron chi connectivity index (χ1n) is 9.58. The third kappa shape index (κ3) is 2.76. The molecule has 0 radical (unpaired) electrons. The fourth-order valence-corrected chi connectivity index (χ4v) is 4.97. The van der Waals surface area contributed by atoms with E-state index in [2.05, 4.69) is 0 Å². The Balaban J connectivity index is 1.95. The van der Waals surface area contributed by atoms with Crippen LogP contribution in [0.15, 0.2) is 22.8 Å². The Morgan fingerprint density at radius 2 is 2.07 bits per heavy atom. The van der Waals surface area contributed by atoms with Gasteiger partial charge in [-0.05, 0) is 40.0 Å². The fraction of sp³-hybridized carbons (Fsp3) is 0.714. The van der Waals surface area contributed by atoms with Crippen molar-refractivity contribution in [1.82, 2.24) is 0 Å². The number of aliphatic hydroxyl groups is 1. The largest absolute Gasteiger partial charge is 0.459 e. The SMILES string of the molecule is C/C=C(/C)C(=O)O[C@H]1CC[C@]2(O)C[C@]3(OC)OC(=O)C(C)=C3C[C@]2(C)[C@H]1C. The van der Waals surface area contributed by atoms with E-state index >= 15 is 0 Å². The lowest BCUT2D eigenvalue weighted by atomic mass is 9.50. The number of rotatable bonds is 3. The summed E-state index contributed by atoms with van der Waals surface area (Å²) in [5.41, 5.74) is 0.285. The minimum absolute atomic E-state index is 0.0873. The summed E-state index contributed by atoms with van der Waals surface area (Å²) in [5.74, 6) is -1.98. The minimum Gasteiger partial charge on any atom is -0.459 e. The van der Waals surface area contributed by atoms with Crippen molar-refractivity contribution in [1.29, 1.82) is 0 Å². The van der Waals surface area contributed by atoms with E-state index in [1.807, 2.05) is 13.8 Å². The number of esters is 2. The first-order chi connectivity index (χ1) is 12.5. The molecule has 0 spiro atoms. The smallest absolute Gasteiger partial charge is 0.336 e. The summed E-state index contributed by atoms with van der Waals surface area (Å²) in [4.78, 5) is 24.5. The maximum atomic E-state index is 12.3. The molecule has 0 bridgehead atoms. The maximum absolute atomic E-state index is 12.3. The number of carbonyl (C=O) groups excluding carboxylic acids is 2. The lowest BCUT2D eigenvalue weighted by molar-refractivity contribution is -0.266. The number of fused-ring (bicyclic) bond motifs is 2. The summed E-state index contributed by atoms with van der Waals surface area (Å²) in [6, 6.07) is 0. The van der Waals surface area contributed by atoms with Crippen molar-refractivity contribution < 1.29 is 28.9 Å². The first-order valence-corrected chi connectivity index (χ1v) is 9.58. The molecule has 0 amide bonds. The third-order valence-corrected chi connectivity index (χ3v) is 7.36. The van der Waals surface area contributed by atoms with Crippen LogP contribution in [0.25, 0.3) is 0 Å². The predicted octanol–water partition coefficient (Wildman–Crippen LogP) is 3.04. The number of carbonyl (C=O) groups is 2. The highest BCUT2D eigenvalue weighted by Crippen LogP contribution is 2.62. The van der Waals surface area contributed by atoms with E-state index in [-0.39, 0.29) is 24.4 Å². The Morgan fingerprint density at radius 1 is 1.41 bits per heavy atom. The highest BCUT2D eigenvalue weighted by atomic mass is 16.7. The summed E-state index contributed by atoms with van der Waals surface area (Å²) >= 11 is 0. The minimum atomic E-state index is -1.18. The van der Waals surface area contributed by atoms with Crippen molar-refractivity contribution in [2.45, 2.75) is 77.8 Å². The van der Waals surface area contributed by atoms with Gasteiger partial charge in [0.15, 0.2) is 0 Å². The van der Waals surface area contributed by atoms with Gasteiger partial charge in [0.1, 0.15) is 6.10 Å². The topological polar surface area (TPSA) is 82.1 Å². The first kappa shape index (κ1) is 20.1. The highest BCUT2D eigenvalue weighted by molar-refractivity contribution is 5.92. The second-order valence-electron chi connectivity index (χ2n) is 8.50. The molecule has 1 aliphatic heterocycles. The molecule has 0 aromatic rings. The van der Waals surface area contributed by atoms with Crippen LogP contribution in [-0.4, -0.2) is 41.6 Å². The molecule has 2 fully saturated rings. The van der Waals surface area contributed by atoms with Crippen molar-refractivity contribution in [3.05, 3.63) is 22.8 Å². The van der Waals surface area contributed by atoms with Gasteiger partial charge in [-0.3, -0.25) is 0 Å². The predicted molar refractivity (Wildman–Crippen MR) is 98.5 cm³/mol. The van der Waals surface area contributed by atoms with Crippen LogP contribution in [0.1, 0.15) is 60.3 Å². The standard InChI is InChI=1S/C21H30O6/c1-7-12(2)17(22)26-16-8-9-20(24)11-21(25-6)15(13(3)18(23)27-21)10-19(20,5)14(16)4/h7,14,16,24H,8-11H2,1-6H3/b12-7-/t14-,16-,19+,20-,21-/m0/s1. The van der Waals surface area contributed by atoms with Gasteiger partial charge in [0.05, 0.1) is 5.60 Å². The van der Waals surface area contributed by atoms with Crippen LogP contribution in [-0.2, 0) is 23.8 Å². The average molecular weight is 378 g/mol. The van der Waals surface area contributed by atoms with Gasteiger partial charge in [0.25, 0.3) is 0 Å². The molecule has 5 atom stereocenters. The van der Waals surface area contributed by atoms with Crippen molar-refractivity contribution in [3.8, 4) is 0 Å². The monoisotopic (exact) mass is 378 g/mol. The average Bonchev–Trinajstić information content (AvgIpc) is 2.87. The normalized spacial score (nSPS) is 41.7. The van der Waals surface area contributed by atoms with Gasteiger partial charge in [-0.15, -0.1) is 0 Å². The van der Waals surface area contributed by atoms with Crippen molar-refractivity contribution >= 4 is 11.9 Å². The summed E-state index contributed by atoms with van der Waals surface area (Å²) in [5, 5.41) is 11.6. The molecule has 6 heteroatoms. The van der Waals surface area contributed by atoms with E-state index in [0.29, 0.717) is 30.4 Å². The Morgan fingerprint density at radius 3 is 2.67 bits per heavy atom. The van der Waals surface area contributed by atoms with Gasteiger partial charge in [0, 0.05) is 41.6 Å².